The van der Waals surface area contributed by atoms with Crippen LogP contribution in [-0.4, -0.2) is 34.7 Å². The van der Waals surface area contributed by atoms with Crippen LogP contribution in [0.5, 0.6) is 11.5 Å². The zero-order chi connectivity index (χ0) is 21.3. The zero-order valence-corrected chi connectivity index (χ0v) is 17.1. The maximum Gasteiger partial charge on any atom is 0.260 e. The monoisotopic (exact) mass is 407 g/mol. The molecule has 0 radical (unpaired) electrons. The van der Waals surface area contributed by atoms with E-state index in [4.69, 9.17) is 9.47 Å². The largest absolute Gasteiger partial charge is 0.494 e. The molecule has 0 aliphatic rings. The molecule has 1 heterocycles. The van der Waals surface area contributed by atoms with Gasteiger partial charge in [0.15, 0.2) is 6.10 Å². The summed E-state index contributed by atoms with van der Waals surface area (Å²) in [6, 6.07) is 18.1. The summed E-state index contributed by atoms with van der Waals surface area (Å²) in [5.41, 5.74) is 1.34. The molecule has 0 bridgehead atoms. The Morgan fingerprint density at radius 2 is 1.80 bits per heavy atom. The van der Waals surface area contributed by atoms with E-state index in [1.165, 1.54) is 17.0 Å². The molecule has 3 aromatic rings. The summed E-state index contributed by atoms with van der Waals surface area (Å²) < 4.78 is 12.5. The second-order valence-electron chi connectivity index (χ2n) is 6.63. The van der Waals surface area contributed by atoms with Gasteiger partial charge in [-0.3, -0.25) is 14.2 Å². The van der Waals surface area contributed by atoms with E-state index in [-0.39, 0.29) is 11.5 Å². The molecule has 1 N–H and O–H groups in total. The summed E-state index contributed by atoms with van der Waals surface area (Å²) in [5, 5.41) is 2.78. The lowest BCUT2D eigenvalue weighted by molar-refractivity contribution is -0.127. The summed E-state index contributed by atoms with van der Waals surface area (Å²) in [5.74, 6) is 1.07. The molecule has 3 rings (SSSR count). The molecule has 1 atom stereocenters. The van der Waals surface area contributed by atoms with Gasteiger partial charge in [0, 0.05) is 24.7 Å². The number of carbonyl (C=O) groups excluding carboxylic acids is 1. The van der Waals surface area contributed by atoms with Crippen molar-refractivity contribution < 1.29 is 14.3 Å². The van der Waals surface area contributed by atoms with Crippen molar-refractivity contribution in [1.82, 2.24) is 14.9 Å². The lowest BCUT2D eigenvalue weighted by Gasteiger charge is -2.15. The highest BCUT2D eigenvalue weighted by Gasteiger charge is 2.14. The first-order valence-corrected chi connectivity index (χ1v) is 9.86. The Hall–Kier alpha value is -3.61. The number of rotatable bonds is 9. The van der Waals surface area contributed by atoms with Gasteiger partial charge in [0.1, 0.15) is 11.5 Å². The van der Waals surface area contributed by atoms with Gasteiger partial charge in [-0.15, -0.1) is 0 Å². The Morgan fingerprint density at radius 3 is 2.47 bits per heavy atom. The molecule has 0 spiro atoms. The quantitative estimate of drug-likeness (QED) is 0.590. The summed E-state index contributed by atoms with van der Waals surface area (Å²) in [4.78, 5) is 28.9. The molecule has 0 aliphatic heterocycles. The number of ether oxygens (including phenoxy) is 2. The molecule has 0 aliphatic carbocycles. The van der Waals surface area contributed by atoms with Crippen LogP contribution in [0, 0.1) is 0 Å². The molecular formula is C23H25N3O4. The van der Waals surface area contributed by atoms with Gasteiger partial charge in [-0.2, -0.15) is 0 Å². The first-order valence-electron chi connectivity index (χ1n) is 9.86. The maximum absolute atomic E-state index is 12.3. The van der Waals surface area contributed by atoms with Crippen molar-refractivity contribution in [2.75, 3.05) is 13.2 Å². The molecule has 2 aromatic carbocycles. The van der Waals surface area contributed by atoms with Crippen molar-refractivity contribution >= 4 is 5.91 Å². The molecule has 0 fully saturated rings. The third kappa shape index (κ3) is 5.70. The SMILES string of the molecule is CCOc1ccc(OC(C)C(=O)NCCn2cnc(-c3ccccc3)cc2=O)cc1. The standard InChI is InChI=1S/C23H25N3O4/c1-3-29-19-9-11-20(12-10-19)30-17(2)23(28)24-13-14-26-16-25-21(15-22(26)27)18-7-5-4-6-8-18/h4-12,15-17H,3,13-14H2,1-2H3,(H,24,28). The van der Waals surface area contributed by atoms with Crippen LogP contribution >= 0.6 is 0 Å². The Balaban J connectivity index is 1.49. The zero-order valence-electron chi connectivity index (χ0n) is 17.1. The lowest BCUT2D eigenvalue weighted by Crippen LogP contribution is -2.38. The molecule has 30 heavy (non-hydrogen) atoms. The third-order valence-corrected chi connectivity index (χ3v) is 4.42. The normalized spacial score (nSPS) is 11.5. The van der Waals surface area contributed by atoms with Crippen molar-refractivity contribution in [3.8, 4) is 22.8 Å². The Bertz CT molecular complexity index is 1020. The van der Waals surface area contributed by atoms with Crippen LogP contribution in [-0.2, 0) is 11.3 Å². The number of amides is 1. The summed E-state index contributed by atoms with van der Waals surface area (Å²) >= 11 is 0. The van der Waals surface area contributed by atoms with Crippen molar-refractivity contribution in [3.63, 3.8) is 0 Å². The van der Waals surface area contributed by atoms with Crippen LogP contribution in [0.4, 0.5) is 0 Å². The summed E-state index contributed by atoms with van der Waals surface area (Å²) in [6.07, 6.45) is 0.828. The molecule has 7 heteroatoms. The summed E-state index contributed by atoms with van der Waals surface area (Å²) in [7, 11) is 0. The predicted molar refractivity (Wildman–Crippen MR) is 115 cm³/mol. The van der Waals surface area contributed by atoms with Crippen molar-refractivity contribution in [2.24, 2.45) is 0 Å². The Kier molecular flexibility index (Phi) is 7.21. The number of benzene rings is 2. The van der Waals surface area contributed by atoms with E-state index in [9.17, 15) is 9.59 Å². The number of hydrogen-bond donors (Lipinski definition) is 1. The molecule has 1 amide bonds. The Labute approximate surface area is 175 Å². The van der Waals surface area contributed by atoms with E-state index in [1.54, 1.807) is 31.2 Å². The van der Waals surface area contributed by atoms with Crippen LogP contribution in [0.25, 0.3) is 11.3 Å². The number of nitrogens with one attached hydrogen (secondary N) is 1. The van der Waals surface area contributed by atoms with Gasteiger partial charge in [-0.05, 0) is 38.1 Å². The highest BCUT2D eigenvalue weighted by Crippen LogP contribution is 2.18. The van der Waals surface area contributed by atoms with Gasteiger partial charge in [0.25, 0.3) is 11.5 Å². The molecule has 1 aromatic heterocycles. The van der Waals surface area contributed by atoms with E-state index in [0.717, 1.165) is 11.3 Å². The number of aromatic nitrogens is 2. The van der Waals surface area contributed by atoms with Gasteiger partial charge in [-0.25, -0.2) is 4.98 Å². The van der Waals surface area contributed by atoms with Gasteiger partial charge >= 0.3 is 0 Å². The lowest BCUT2D eigenvalue weighted by atomic mass is 10.1. The van der Waals surface area contributed by atoms with E-state index in [0.29, 0.717) is 31.1 Å². The molecular weight excluding hydrogens is 382 g/mol. The highest BCUT2D eigenvalue weighted by atomic mass is 16.5. The third-order valence-electron chi connectivity index (χ3n) is 4.42. The highest BCUT2D eigenvalue weighted by molar-refractivity contribution is 5.80. The van der Waals surface area contributed by atoms with Crippen LogP contribution in [0.3, 0.4) is 0 Å². The fraction of sp³-hybridized carbons (Fsp3) is 0.261. The fourth-order valence-electron chi connectivity index (χ4n) is 2.84. The first-order chi connectivity index (χ1) is 14.6. The topological polar surface area (TPSA) is 82.4 Å². The fourth-order valence-corrected chi connectivity index (χ4v) is 2.84. The number of carbonyl (C=O) groups is 1. The maximum atomic E-state index is 12.3. The minimum atomic E-state index is -0.668. The minimum Gasteiger partial charge on any atom is -0.494 e. The van der Waals surface area contributed by atoms with Gasteiger partial charge in [-0.1, -0.05) is 30.3 Å². The van der Waals surface area contributed by atoms with E-state index < -0.39 is 6.10 Å². The van der Waals surface area contributed by atoms with Gasteiger partial charge in [0.05, 0.1) is 18.6 Å². The average molecular weight is 407 g/mol. The molecule has 0 saturated heterocycles. The van der Waals surface area contributed by atoms with Gasteiger partial charge in [0.2, 0.25) is 0 Å². The second kappa shape index (κ2) is 10.2. The minimum absolute atomic E-state index is 0.170. The Morgan fingerprint density at radius 1 is 1.10 bits per heavy atom. The van der Waals surface area contributed by atoms with Gasteiger partial charge < -0.3 is 14.8 Å². The molecule has 7 nitrogen and oxygen atoms in total. The van der Waals surface area contributed by atoms with Crippen molar-refractivity contribution in [3.05, 3.63) is 77.3 Å². The van der Waals surface area contributed by atoms with Crippen LogP contribution < -0.4 is 20.3 Å². The van der Waals surface area contributed by atoms with Crippen LogP contribution in [0.1, 0.15) is 13.8 Å². The van der Waals surface area contributed by atoms with E-state index >= 15 is 0 Å². The number of hydrogen-bond acceptors (Lipinski definition) is 5. The smallest absolute Gasteiger partial charge is 0.260 e. The first kappa shape index (κ1) is 21.1. The molecule has 156 valence electrons. The predicted octanol–water partition coefficient (Wildman–Crippen LogP) is 2.89. The molecule has 1 unspecified atom stereocenters. The summed E-state index contributed by atoms with van der Waals surface area (Å²) in [6.45, 7) is 4.80. The second-order valence-corrected chi connectivity index (χ2v) is 6.63. The molecule has 0 saturated carbocycles. The van der Waals surface area contributed by atoms with E-state index in [2.05, 4.69) is 10.3 Å². The van der Waals surface area contributed by atoms with E-state index in [1.807, 2.05) is 37.3 Å². The average Bonchev–Trinajstić information content (AvgIpc) is 2.77. The number of nitrogens with zero attached hydrogens (tertiary/aromatic N) is 2. The van der Waals surface area contributed by atoms with Crippen molar-refractivity contribution in [2.45, 2.75) is 26.5 Å². The van der Waals surface area contributed by atoms with Crippen molar-refractivity contribution in [1.29, 1.82) is 0 Å². The van der Waals surface area contributed by atoms with Crippen LogP contribution in [0.2, 0.25) is 0 Å². The van der Waals surface area contributed by atoms with Crippen LogP contribution in [0.15, 0.2) is 71.8 Å².